The van der Waals surface area contributed by atoms with Crippen LogP contribution in [-0.4, -0.2) is 20.8 Å². The minimum Gasteiger partial charge on any atom is -0.309 e. The summed E-state index contributed by atoms with van der Waals surface area (Å²) in [5, 5.41) is 16.7. The molecule has 0 spiro atoms. The zero-order valence-corrected chi connectivity index (χ0v) is 34.0. The van der Waals surface area contributed by atoms with Crippen LogP contribution in [0.4, 0.5) is 0 Å². The summed E-state index contributed by atoms with van der Waals surface area (Å²) in [6.07, 6.45) is 14.8. The van der Waals surface area contributed by atoms with Crippen molar-refractivity contribution in [1.29, 1.82) is 5.41 Å². The summed E-state index contributed by atoms with van der Waals surface area (Å²) in [5.41, 5.74) is 15.7. The Morgan fingerprint density at radius 2 is 1.21 bits per heavy atom. The second-order valence-corrected chi connectivity index (χ2v) is 16.2. The number of rotatable bonds is 4. The lowest BCUT2D eigenvalue weighted by Crippen LogP contribution is -2.12. The number of aryl methyl sites for hydroxylation is 1. The van der Waals surface area contributed by atoms with Gasteiger partial charge in [0.15, 0.2) is 0 Å². The molecule has 0 saturated carbocycles. The maximum atomic E-state index is 9.76. The monoisotopic (exact) mass is 792 g/mol. The van der Waals surface area contributed by atoms with Crippen molar-refractivity contribution in [1.82, 2.24) is 9.13 Å². The Morgan fingerprint density at radius 1 is 0.532 bits per heavy atom. The molecule has 292 valence electrons. The fourth-order valence-electron chi connectivity index (χ4n) is 9.86. The van der Waals surface area contributed by atoms with E-state index in [2.05, 4.69) is 199 Å². The fourth-order valence-corrected chi connectivity index (χ4v) is 9.86. The molecule has 2 aliphatic rings. The number of nitrogens with zero attached hydrogens (tertiary/aromatic N) is 3. The van der Waals surface area contributed by atoms with Crippen molar-refractivity contribution in [2.45, 2.75) is 12.8 Å². The van der Waals surface area contributed by atoms with Crippen molar-refractivity contribution in [3.05, 3.63) is 234 Å². The van der Waals surface area contributed by atoms with Gasteiger partial charge in [-0.1, -0.05) is 158 Å². The van der Waals surface area contributed by atoms with Gasteiger partial charge in [-0.3, -0.25) is 9.98 Å². The molecule has 62 heavy (non-hydrogen) atoms. The largest absolute Gasteiger partial charge is 0.309 e. The number of aromatic nitrogens is 2. The first-order valence-electron chi connectivity index (χ1n) is 21.4. The van der Waals surface area contributed by atoms with Gasteiger partial charge in [0.2, 0.25) is 5.96 Å². The Balaban J connectivity index is 0.979. The molecule has 2 heterocycles. The Hall–Kier alpha value is -8.08. The van der Waals surface area contributed by atoms with E-state index >= 15 is 0 Å². The molecule has 10 aromatic rings. The maximum absolute atomic E-state index is 9.76. The van der Waals surface area contributed by atoms with Crippen LogP contribution in [-0.2, 0) is 6.42 Å². The Labute approximate surface area is 359 Å². The van der Waals surface area contributed by atoms with Gasteiger partial charge in [-0.2, -0.15) is 0 Å². The van der Waals surface area contributed by atoms with E-state index in [-0.39, 0.29) is 5.96 Å². The zero-order chi connectivity index (χ0) is 41.1. The van der Waals surface area contributed by atoms with Crippen LogP contribution >= 0.6 is 0 Å². The highest BCUT2D eigenvalue weighted by molar-refractivity contribution is 6.27. The van der Waals surface area contributed by atoms with Gasteiger partial charge in [-0.15, -0.1) is 0 Å². The molecule has 0 saturated heterocycles. The van der Waals surface area contributed by atoms with Crippen molar-refractivity contribution in [2.24, 2.45) is 4.99 Å². The molecule has 0 atom stereocenters. The highest BCUT2D eigenvalue weighted by Gasteiger charge is 2.21. The lowest BCUT2D eigenvalue weighted by molar-refractivity contribution is 0.978. The van der Waals surface area contributed by atoms with E-state index in [1.54, 1.807) is 0 Å². The van der Waals surface area contributed by atoms with Crippen molar-refractivity contribution in [3.8, 4) is 16.8 Å². The molecule has 2 aliphatic carbocycles. The number of aliphatic imine (C=N–C) groups is 1. The quantitative estimate of drug-likeness (QED) is 0.136. The van der Waals surface area contributed by atoms with Crippen molar-refractivity contribution >= 4 is 77.7 Å². The number of nitrogens with one attached hydrogen (secondary N) is 1. The number of benzene rings is 8. The second kappa shape index (κ2) is 14.6. The molecule has 0 fully saturated rings. The first-order valence-corrected chi connectivity index (χ1v) is 21.4. The van der Waals surface area contributed by atoms with Crippen molar-refractivity contribution < 1.29 is 0 Å². The summed E-state index contributed by atoms with van der Waals surface area (Å²) < 4.78 is 4.39. The van der Waals surface area contributed by atoms with E-state index in [9.17, 15) is 5.41 Å². The molecule has 2 aromatic heterocycles. The predicted molar refractivity (Wildman–Crippen MR) is 262 cm³/mol. The van der Waals surface area contributed by atoms with E-state index < -0.39 is 0 Å². The van der Waals surface area contributed by atoms with Crippen LogP contribution in [0.1, 0.15) is 28.7 Å². The third-order valence-electron chi connectivity index (χ3n) is 12.7. The van der Waals surface area contributed by atoms with Gasteiger partial charge in [-0.05, 0) is 117 Å². The predicted octanol–water partition coefficient (Wildman–Crippen LogP) is 14.5. The average molecular weight is 793 g/mol. The zero-order valence-electron chi connectivity index (χ0n) is 34.0. The summed E-state index contributed by atoms with van der Waals surface area (Å²) in [7, 11) is 0. The number of hydrogen-bond donors (Lipinski definition) is 1. The molecular weight excluding hydrogens is 753 g/mol. The molecule has 0 radical (unpaired) electrons. The fraction of sp³-hybridized carbons (Fsp3) is 0.0345. The molecule has 0 aliphatic heterocycles. The highest BCUT2D eigenvalue weighted by Crippen LogP contribution is 2.42. The molecular formula is C58H40N4. The summed E-state index contributed by atoms with van der Waals surface area (Å²) in [4.78, 5) is 5.11. The molecule has 0 bridgehead atoms. The van der Waals surface area contributed by atoms with Crippen LogP contribution in [0.25, 0.3) is 82.8 Å². The first-order chi connectivity index (χ1) is 30.7. The minimum atomic E-state index is 0.165. The van der Waals surface area contributed by atoms with Crippen LogP contribution in [0, 0.1) is 5.41 Å². The highest BCUT2D eigenvalue weighted by atomic mass is 15.1. The van der Waals surface area contributed by atoms with E-state index in [0.717, 1.165) is 73.7 Å². The van der Waals surface area contributed by atoms with Gasteiger partial charge < -0.3 is 4.57 Å². The molecule has 4 nitrogen and oxygen atoms in total. The lowest BCUT2D eigenvalue weighted by atomic mass is 9.87. The second-order valence-electron chi connectivity index (χ2n) is 16.2. The van der Waals surface area contributed by atoms with Crippen molar-refractivity contribution in [3.63, 3.8) is 0 Å². The van der Waals surface area contributed by atoms with Crippen molar-refractivity contribution in [2.75, 3.05) is 0 Å². The number of allylic oxidation sites excluding steroid dienone is 6. The normalized spacial score (nSPS) is 15.1. The van der Waals surface area contributed by atoms with Gasteiger partial charge in [0.05, 0.1) is 27.8 Å². The van der Waals surface area contributed by atoms with Crippen LogP contribution in [0.3, 0.4) is 0 Å². The smallest absolute Gasteiger partial charge is 0.227 e. The first kappa shape index (κ1) is 35.8. The average Bonchev–Trinajstić information content (AvgIpc) is 3.85. The van der Waals surface area contributed by atoms with Gasteiger partial charge >= 0.3 is 0 Å². The summed E-state index contributed by atoms with van der Waals surface area (Å²) in [6.45, 7) is 0. The number of hydrogen-bond acceptors (Lipinski definition) is 1. The Bertz CT molecular complexity index is 3620. The molecule has 4 heteroatoms. The summed E-state index contributed by atoms with van der Waals surface area (Å²) >= 11 is 0. The van der Waals surface area contributed by atoms with Gasteiger partial charge in [0.25, 0.3) is 0 Å². The minimum absolute atomic E-state index is 0.165. The standard InChI is InChI=1S/C58H40N4/c59-58(60-52-26-11-5-16-42(52)35-38-29-31-40(32-30-38)45-25-14-17-39-15-4-6-20-44(39)45)62-54-28-13-10-24-49(54)57-48-23-8-7-21-46(48)50(37-56(57)62)41-33-34-55-51(36-41)47-22-9-12-27-53(47)61(55)43-18-2-1-3-19-43/h1-13,15-16,18-37,59H,14,17H2/b42-35+,59-58?,60-52-. The number of fused-ring (bicyclic) bond motifs is 9. The van der Waals surface area contributed by atoms with E-state index in [1.807, 2.05) is 22.8 Å². The molecule has 0 amide bonds. The van der Waals surface area contributed by atoms with Crippen LogP contribution in [0.5, 0.6) is 0 Å². The Kier molecular flexibility index (Phi) is 8.42. The topological polar surface area (TPSA) is 46.1 Å². The Morgan fingerprint density at radius 3 is 2.06 bits per heavy atom. The third-order valence-corrected chi connectivity index (χ3v) is 12.7. The van der Waals surface area contributed by atoms with Gasteiger partial charge in [-0.25, -0.2) is 4.99 Å². The maximum Gasteiger partial charge on any atom is 0.227 e. The molecule has 12 rings (SSSR count). The van der Waals surface area contributed by atoms with E-state index in [4.69, 9.17) is 4.99 Å². The number of para-hydroxylation sites is 3. The summed E-state index contributed by atoms with van der Waals surface area (Å²) in [5.74, 6) is 0.165. The van der Waals surface area contributed by atoms with E-state index in [1.165, 1.54) is 49.5 Å². The van der Waals surface area contributed by atoms with E-state index in [0.29, 0.717) is 0 Å². The van der Waals surface area contributed by atoms with Crippen LogP contribution < -0.4 is 0 Å². The van der Waals surface area contributed by atoms with Gasteiger partial charge in [0.1, 0.15) is 0 Å². The molecule has 8 aromatic carbocycles. The van der Waals surface area contributed by atoms with Crippen LogP contribution in [0.2, 0.25) is 0 Å². The van der Waals surface area contributed by atoms with Crippen LogP contribution in [0.15, 0.2) is 217 Å². The summed E-state index contributed by atoms with van der Waals surface area (Å²) in [6, 6.07) is 63.1. The molecule has 0 unspecified atom stereocenters. The third kappa shape index (κ3) is 5.83. The lowest BCUT2D eigenvalue weighted by Gasteiger charge is -2.18. The SMILES string of the molecule is N=C(/N=C1/C=CC=C/C1=C\c1ccc(C2=CCCc3ccccc32)cc1)n1c2ccccc2c2c3ccccc3c(-c3ccc4c(c3)c3ccccc3n4-c3ccccc3)cc21. The van der Waals surface area contributed by atoms with Gasteiger partial charge in [0, 0.05) is 32.8 Å². The molecule has 1 N–H and O–H groups in total.